The number of nitrogens with one attached hydrogen (secondary N) is 1. The number of ether oxygens (including phenoxy) is 1. The average molecular weight is 365 g/mol. The van der Waals surface area contributed by atoms with Crippen molar-refractivity contribution >= 4 is 27.9 Å². The first-order valence-corrected chi connectivity index (χ1v) is 7.52. The first kappa shape index (κ1) is 16.3. The van der Waals surface area contributed by atoms with Crippen LogP contribution in [0.4, 0.5) is 4.79 Å². The maximum absolute atomic E-state index is 12.3. The van der Waals surface area contributed by atoms with E-state index in [1.54, 1.807) is 13.0 Å². The lowest BCUT2D eigenvalue weighted by Gasteiger charge is -2.34. The Bertz CT molecular complexity index is 655. The van der Waals surface area contributed by atoms with Crippen LogP contribution in [0.25, 0.3) is 0 Å². The van der Waals surface area contributed by atoms with Gasteiger partial charge in [-0.25, -0.2) is 9.59 Å². The molecule has 1 aromatic rings. The van der Waals surface area contributed by atoms with Crippen molar-refractivity contribution in [3.63, 3.8) is 0 Å². The molecule has 2 amide bonds. The Morgan fingerprint density at radius 2 is 2.27 bits per heavy atom. The van der Waals surface area contributed by atoms with Crippen molar-refractivity contribution in [3.05, 3.63) is 58.2 Å². The van der Waals surface area contributed by atoms with Crippen molar-refractivity contribution in [1.82, 2.24) is 10.2 Å². The molecule has 0 bridgehead atoms. The summed E-state index contributed by atoms with van der Waals surface area (Å²) in [6, 6.07) is 6.64. The van der Waals surface area contributed by atoms with E-state index >= 15 is 0 Å². The molecule has 1 atom stereocenters. The number of methoxy groups -OCH3 is 1. The fourth-order valence-electron chi connectivity index (χ4n) is 2.44. The Morgan fingerprint density at radius 1 is 1.55 bits per heavy atom. The predicted molar refractivity (Wildman–Crippen MR) is 87.0 cm³/mol. The van der Waals surface area contributed by atoms with Crippen molar-refractivity contribution in [3.8, 4) is 0 Å². The molecule has 5 nitrogen and oxygen atoms in total. The van der Waals surface area contributed by atoms with E-state index < -0.39 is 12.0 Å². The van der Waals surface area contributed by atoms with E-state index in [0.717, 1.165) is 10.0 Å². The number of halogens is 1. The van der Waals surface area contributed by atoms with E-state index in [0.29, 0.717) is 17.8 Å². The molecule has 1 heterocycles. The number of esters is 1. The molecule has 0 saturated carbocycles. The Labute approximate surface area is 137 Å². The Morgan fingerprint density at radius 3 is 2.86 bits per heavy atom. The van der Waals surface area contributed by atoms with Crippen LogP contribution in [0.2, 0.25) is 0 Å². The highest BCUT2D eigenvalue weighted by atomic mass is 79.9. The van der Waals surface area contributed by atoms with Crippen molar-refractivity contribution < 1.29 is 14.3 Å². The van der Waals surface area contributed by atoms with Crippen LogP contribution in [0, 0.1) is 0 Å². The van der Waals surface area contributed by atoms with Crippen molar-refractivity contribution in [2.45, 2.75) is 13.0 Å². The standard InChI is InChI=1S/C16H17BrN2O3/c1-4-8-19-10(2)13(15(20)22-3)14(18-16(19)21)11-6-5-7-12(17)9-11/h4-7,9,14H,1,8H2,2-3H3,(H,18,21)/t14-/m1/s1. The van der Waals surface area contributed by atoms with Gasteiger partial charge in [0.1, 0.15) is 0 Å². The molecular weight excluding hydrogens is 348 g/mol. The minimum absolute atomic E-state index is 0.268. The fourth-order valence-corrected chi connectivity index (χ4v) is 2.86. The lowest BCUT2D eigenvalue weighted by molar-refractivity contribution is -0.136. The Hall–Kier alpha value is -2.08. The van der Waals surface area contributed by atoms with E-state index in [1.807, 2.05) is 24.3 Å². The van der Waals surface area contributed by atoms with Gasteiger partial charge in [-0.3, -0.25) is 4.90 Å². The van der Waals surface area contributed by atoms with Crippen molar-refractivity contribution in [1.29, 1.82) is 0 Å². The molecule has 22 heavy (non-hydrogen) atoms. The van der Waals surface area contributed by atoms with Gasteiger partial charge in [0.2, 0.25) is 0 Å². The van der Waals surface area contributed by atoms with Crippen LogP contribution < -0.4 is 5.32 Å². The summed E-state index contributed by atoms with van der Waals surface area (Å²) in [4.78, 5) is 26.0. The summed E-state index contributed by atoms with van der Waals surface area (Å²) in [6.07, 6.45) is 1.61. The van der Waals surface area contributed by atoms with Crippen LogP contribution >= 0.6 is 15.9 Å². The average Bonchev–Trinajstić information content (AvgIpc) is 2.50. The highest BCUT2D eigenvalue weighted by molar-refractivity contribution is 9.10. The largest absolute Gasteiger partial charge is 0.466 e. The van der Waals surface area contributed by atoms with Gasteiger partial charge in [-0.1, -0.05) is 34.1 Å². The van der Waals surface area contributed by atoms with Crippen LogP contribution in [0.15, 0.2) is 52.7 Å². The second-order valence-electron chi connectivity index (χ2n) is 4.83. The van der Waals surface area contributed by atoms with Crippen LogP contribution in [-0.4, -0.2) is 30.6 Å². The summed E-state index contributed by atoms with van der Waals surface area (Å²) in [7, 11) is 1.33. The summed E-state index contributed by atoms with van der Waals surface area (Å²) in [6.45, 7) is 5.69. The summed E-state index contributed by atoms with van der Waals surface area (Å²) in [5.74, 6) is -0.462. The predicted octanol–water partition coefficient (Wildman–Crippen LogP) is 3.15. The van der Waals surface area contributed by atoms with E-state index in [4.69, 9.17) is 4.74 Å². The van der Waals surface area contributed by atoms with Crippen LogP contribution in [0.5, 0.6) is 0 Å². The molecule has 0 unspecified atom stereocenters. The van der Waals surface area contributed by atoms with E-state index in [9.17, 15) is 9.59 Å². The lowest BCUT2D eigenvalue weighted by atomic mass is 9.95. The molecule has 2 rings (SSSR count). The molecule has 0 spiro atoms. The number of allylic oxidation sites excluding steroid dienone is 1. The van der Waals surface area contributed by atoms with Crippen molar-refractivity contribution in [2.24, 2.45) is 0 Å². The number of carbonyl (C=O) groups excluding carboxylic acids is 2. The number of amides is 2. The van der Waals surface area contributed by atoms with E-state index in [-0.39, 0.29) is 6.03 Å². The number of benzene rings is 1. The number of urea groups is 1. The molecule has 0 saturated heterocycles. The molecule has 0 aliphatic carbocycles. The SMILES string of the molecule is C=CCN1C(=O)N[C@H](c2cccc(Br)c2)C(C(=O)OC)=C1C. The molecule has 6 heteroatoms. The zero-order valence-electron chi connectivity index (χ0n) is 12.4. The summed E-state index contributed by atoms with van der Waals surface area (Å²) >= 11 is 3.40. The first-order valence-electron chi connectivity index (χ1n) is 6.73. The van der Waals surface area contributed by atoms with Gasteiger partial charge in [-0.05, 0) is 24.6 Å². The smallest absolute Gasteiger partial charge is 0.337 e. The second-order valence-corrected chi connectivity index (χ2v) is 5.74. The fraction of sp³-hybridized carbons (Fsp3) is 0.250. The summed E-state index contributed by atoms with van der Waals surface area (Å²) in [5.41, 5.74) is 1.79. The van der Waals surface area contributed by atoms with Gasteiger partial charge in [0, 0.05) is 16.7 Å². The minimum Gasteiger partial charge on any atom is -0.466 e. The molecule has 0 radical (unpaired) electrons. The topological polar surface area (TPSA) is 58.6 Å². The van der Waals surface area contributed by atoms with Gasteiger partial charge in [0.05, 0.1) is 18.7 Å². The van der Waals surface area contributed by atoms with E-state index in [1.165, 1.54) is 12.0 Å². The lowest BCUT2D eigenvalue weighted by Crippen LogP contribution is -2.47. The normalized spacial score (nSPS) is 18.0. The molecule has 1 N–H and O–H groups in total. The maximum atomic E-state index is 12.3. The zero-order valence-corrected chi connectivity index (χ0v) is 14.0. The van der Waals surface area contributed by atoms with Gasteiger partial charge in [0.15, 0.2) is 0 Å². The maximum Gasteiger partial charge on any atom is 0.337 e. The highest BCUT2D eigenvalue weighted by Crippen LogP contribution is 2.32. The van der Waals surface area contributed by atoms with Crippen LogP contribution in [-0.2, 0) is 9.53 Å². The minimum atomic E-state index is -0.543. The van der Waals surface area contributed by atoms with Crippen LogP contribution in [0.1, 0.15) is 18.5 Å². The van der Waals surface area contributed by atoms with E-state index in [2.05, 4.69) is 27.8 Å². The van der Waals surface area contributed by atoms with Crippen LogP contribution in [0.3, 0.4) is 0 Å². The zero-order chi connectivity index (χ0) is 16.3. The molecule has 1 aromatic carbocycles. The van der Waals surface area contributed by atoms with Gasteiger partial charge in [-0.15, -0.1) is 6.58 Å². The second kappa shape index (κ2) is 6.79. The molecule has 1 aliphatic rings. The van der Waals surface area contributed by atoms with Crippen molar-refractivity contribution in [2.75, 3.05) is 13.7 Å². The number of hydrogen-bond acceptors (Lipinski definition) is 3. The molecule has 0 aromatic heterocycles. The molecule has 0 fully saturated rings. The first-order chi connectivity index (χ1) is 10.5. The number of hydrogen-bond donors (Lipinski definition) is 1. The third kappa shape index (κ3) is 3.06. The molecular formula is C16H17BrN2O3. The third-order valence-corrected chi connectivity index (χ3v) is 3.99. The quantitative estimate of drug-likeness (QED) is 0.659. The number of carbonyl (C=O) groups is 2. The third-order valence-electron chi connectivity index (χ3n) is 3.50. The van der Waals surface area contributed by atoms with Gasteiger partial charge >= 0.3 is 12.0 Å². The molecule has 1 aliphatic heterocycles. The van der Waals surface area contributed by atoms with Gasteiger partial charge in [0.25, 0.3) is 0 Å². The van der Waals surface area contributed by atoms with Gasteiger partial charge < -0.3 is 10.1 Å². The van der Waals surface area contributed by atoms with Gasteiger partial charge in [-0.2, -0.15) is 0 Å². The highest BCUT2D eigenvalue weighted by Gasteiger charge is 2.35. The molecule has 116 valence electrons. The summed E-state index contributed by atoms with van der Waals surface area (Å²) < 4.78 is 5.76. The Kier molecular flexibility index (Phi) is 5.03. The summed E-state index contributed by atoms with van der Waals surface area (Å²) in [5, 5.41) is 2.85. The number of nitrogens with zero attached hydrogens (tertiary/aromatic N) is 1. The monoisotopic (exact) mass is 364 g/mol. The Balaban J connectivity index is 2.55. The number of rotatable bonds is 4.